The lowest BCUT2D eigenvalue weighted by Crippen LogP contribution is -2.35. The van der Waals surface area contributed by atoms with E-state index in [1.165, 1.54) is 24.0 Å². The van der Waals surface area contributed by atoms with Crippen LogP contribution in [0, 0.1) is 5.92 Å². The number of nitrogens with zero attached hydrogens (tertiary/aromatic N) is 2. The topological polar surface area (TPSA) is 62.3 Å². The zero-order chi connectivity index (χ0) is 18.0. The number of sulfone groups is 1. The molecule has 25 heavy (non-hydrogen) atoms. The first-order valence-corrected chi connectivity index (χ1v) is 11.3. The summed E-state index contributed by atoms with van der Waals surface area (Å²) in [4.78, 5) is 7.65. The molecule has 0 aliphatic carbocycles. The van der Waals surface area contributed by atoms with E-state index < -0.39 is 9.84 Å². The third kappa shape index (κ3) is 4.65. The number of halogens is 1. The van der Waals surface area contributed by atoms with Crippen LogP contribution in [-0.2, 0) is 16.4 Å². The minimum absolute atomic E-state index is 0.396. The summed E-state index contributed by atoms with van der Waals surface area (Å²) in [6.45, 7) is 4.59. The summed E-state index contributed by atoms with van der Waals surface area (Å²) in [5.41, 5.74) is 1.69. The van der Waals surface area contributed by atoms with Crippen molar-refractivity contribution in [3.05, 3.63) is 33.7 Å². The van der Waals surface area contributed by atoms with Gasteiger partial charge in [0.05, 0.1) is 17.1 Å². The van der Waals surface area contributed by atoms with Crippen molar-refractivity contribution in [3.63, 3.8) is 0 Å². The van der Waals surface area contributed by atoms with Gasteiger partial charge in [0.15, 0.2) is 14.3 Å². The predicted molar refractivity (Wildman–Crippen MR) is 105 cm³/mol. The number of rotatable bonds is 5. The molecule has 2 heterocycles. The lowest BCUT2D eigenvalue weighted by Gasteiger charge is -2.34. The Labute approximate surface area is 158 Å². The quantitative estimate of drug-likeness (QED) is 0.821. The second kappa shape index (κ2) is 7.51. The standard InChI is InChI=1S/C17H22ClN3O2S2/c1-12-4-3-7-21(11-12)15-8-13(5-6-16(15)25(2,22)23)19-9-14-10-20-17(18)24-14/h5-6,8,10,12,19H,3-4,7,9,11H2,1-2H3. The molecule has 0 amide bonds. The average molecular weight is 400 g/mol. The van der Waals surface area contributed by atoms with Crippen molar-refractivity contribution in [1.29, 1.82) is 0 Å². The maximum atomic E-state index is 12.2. The summed E-state index contributed by atoms with van der Waals surface area (Å²) in [5.74, 6) is 0.567. The summed E-state index contributed by atoms with van der Waals surface area (Å²) in [5, 5.41) is 3.33. The first-order chi connectivity index (χ1) is 11.8. The Hall–Kier alpha value is -1.31. The molecule has 3 rings (SSSR count). The smallest absolute Gasteiger partial charge is 0.183 e. The summed E-state index contributed by atoms with van der Waals surface area (Å²) < 4.78 is 24.9. The van der Waals surface area contributed by atoms with Gasteiger partial charge in [0, 0.05) is 36.1 Å². The SMILES string of the molecule is CC1CCCN(c2cc(NCc3cnc(Cl)s3)ccc2S(C)(=O)=O)C1. The van der Waals surface area contributed by atoms with Crippen molar-refractivity contribution in [2.45, 2.75) is 31.2 Å². The van der Waals surface area contributed by atoms with E-state index in [1.54, 1.807) is 12.3 Å². The Kier molecular flexibility index (Phi) is 5.55. The van der Waals surface area contributed by atoms with Crippen LogP contribution in [0.25, 0.3) is 0 Å². The van der Waals surface area contributed by atoms with Crippen LogP contribution in [0.4, 0.5) is 11.4 Å². The Morgan fingerprint density at radius 3 is 2.88 bits per heavy atom. The number of hydrogen-bond acceptors (Lipinski definition) is 6. The maximum absolute atomic E-state index is 12.2. The lowest BCUT2D eigenvalue weighted by molar-refractivity contribution is 0.445. The fourth-order valence-corrected chi connectivity index (χ4v) is 4.95. The minimum atomic E-state index is -3.28. The highest BCUT2D eigenvalue weighted by molar-refractivity contribution is 7.90. The number of aromatic nitrogens is 1. The second-order valence-electron chi connectivity index (χ2n) is 6.58. The van der Waals surface area contributed by atoms with E-state index in [-0.39, 0.29) is 0 Å². The van der Waals surface area contributed by atoms with Crippen molar-refractivity contribution in [3.8, 4) is 0 Å². The Balaban J connectivity index is 1.87. The summed E-state index contributed by atoms with van der Waals surface area (Å²) in [6.07, 6.45) is 5.29. The highest BCUT2D eigenvalue weighted by Crippen LogP contribution is 2.32. The zero-order valence-electron chi connectivity index (χ0n) is 14.3. The third-order valence-electron chi connectivity index (χ3n) is 4.35. The molecule has 1 fully saturated rings. The molecule has 0 spiro atoms. The number of piperidine rings is 1. The van der Waals surface area contributed by atoms with Gasteiger partial charge in [0.2, 0.25) is 0 Å². The van der Waals surface area contributed by atoms with E-state index in [4.69, 9.17) is 11.6 Å². The van der Waals surface area contributed by atoms with Crippen molar-refractivity contribution < 1.29 is 8.42 Å². The van der Waals surface area contributed by atoms with E-state index in [0.717, 1.165) is 35.8 Å². The van der Waals surface area contributed by atoms with Gasteiger partial charge in [0.25, 0.3) is 0 Å². The molecule has 1 atom stereocenters. The number of benzene rings is 1. The Morgan fingerprint density at radius 1 is 1.44 bits per heavy atom. The first-order valence-electron chi connectivity index (χ1n) is 8.26. The molecule has 0 radical (unpaired) electrons. The second-order valence-corrected chi connectivity index (χ2v) is 10.3. The molecule has 1 saturated heterocycles. The monoisotopic (exact) mass is 399 g/mol. The van der Waals surface area contributed by atoms with Crippen molar-refractivity contribution in [2.24, 2.45) is 5.92 Å². The van der Waals surface area contributed by atoms with Gasteiger partial charge in [-0.25, -0.2) is 13.4 Å². The van der Waals surface area contributed by atoms with Crippen LogP contribution in [-0.4, -0.2) is 32.7 Å². The first kappa shape index (κ1) is 18.5. The molecule has 1 aliphatic heterocycles. The molecule has 1 N–H and O–H groups in total. The Bertz CT molecular complexity index is 851. The molecule has 0 bridgehead atoms. The van der Waals surface area contributed by atoms with Crippen molar-refractivity contribution in [1.82, 2.24) is 4.98 Å². The molecular weight excluding hydrogens is 378 g/mol. The fourth-order valence-electron chi connectivity index (χ4n) is 3.15. The van der Waals surface area contributed by atoms with Crippen LogP contribution in [0.1, 0.15) is 24.6 Å². The summed E-state index contributed by atoms with van der Waals surface area (Å²) in [6, 6.07) is 5.46. The highest BCUT2D eigenvalue weighted by atomic mass is 35.5. The van der Waals surface area contributed by atoms with Crippen LogP contribution in [0.2, 0.25) is 4.47 Å². The summed E-state index contributed by atoms with van der Waals surface area (Å²) >= 11 is 7.29. The van der Waals surface area contributed by atoms with Gasteiger partial charge >= 0.3 is 0 Å². The minimum Gasteiger partial charge on any atom is -0.380 e. The molecule has 2 aromatic rings. The van der Waals surface area contributed by atoms with E-state index in [9.17, 15) is 8.42 Å². The molecule has 5 nitrogen and oxygen atoms in total. The molecular formula is C17H22ClN3O2S2. The number of hydrogen-bond donors (Lipinski definition) is 1. The van der Waals surface area contributed by atoms with Crippen molar-refractivity contribution >= 4 is 44.1 Å². The van der Waals surface area contributed by atoms with Crippen LogP contribution in [0.15, 0.2) is 29.3 Å². The largest absolute Gasteiger partial charge is 0.380 e. The van der Waals surface area contributed by atoms with E-state index in [1.807, 2.05) is 12.1 Å². The Morgan fingerprint density at radius 2 is 2.24 bits per heavy atom. The van der Waals surface area contributed by atoms with Gasteiger partial charge in [-0.2, -0.15) is 0 Å². The van der Waals surface area contributed by atoms with E-state index >= 15 is 0 Å². The van der Waals surface area contributed by atoms with Crippen molar-refractivity contribution in [2.75, 3.05) is 29.6 Å². The molecule has 136 valence electrons. The van der Waals surface area contributed by atoms with Gasteiger partial charge in [-0.15, -0.1) is 11.3 Å². The molecule has 0 saturated carbocycles. The average Bonchev–Trinajstić information content (AvgIpc) is 2.97. The third-order valence-corrected chi connectivity index (χ3v) is 6.61. The number of thiazole rings is 1. The van der Waals surface area contributed by atoms with E-state index in [0.29, 0.717) is 21.8 Å². The summed E-state index contributed by atoms with van der Waals surface area (Å²) in [7, 11) is -3.28. The van der Waals surface area contributed by atoms with Crippen LogP contribution in [0.5, 0.6) is 0 Å². The molecule has 8 heteroatoms. The molecule has 1 aromatic heterocycles. The number of anilines is 2. The zero-order valence-corrected chi connectivity index (χ0v) is 16.7. The van der Waals surface area contributed by atoms with Gasteiger partial charge < -0.3 is 10.2 Å². The van der Waals surface area contributed by atoms with Gasteiger partial charge in [-0.3, -0.25) is 0 Å². The number of nitrogens with one attached hydrogen (secondary N) is 1. The lowest BCUT2D eigenvalue weighted by atomic mass is 10.00. The van der Waals surface area contributed by atoms with Crippen LogP contribution in [0.3, 0.4) is 0 Å². The molecule has 1 aliphatic rings. The van der Waals surface area contributed by atoms with Crippen LogP contribution >= 0.6 is 22.9 Å². The predicted octanol–water partition coefficient (Wildman–Crippen LogP) is 4.05. The van der Waals surface area contributed by atoms with Gasteiger partial charge in [-0.1, -0.05) is 18.5 Å². The fraction of sp³-hybridized carbons (Fsp3) is 0.471. The van der Waals surface area contributed by atoms with Crippen LogP contribution < -0.4 is 10.2 Å². The normalized spacial score (nSPS) is 18.4. The molecule has 1 unspecified atom stereocenters. The maximum Gasteiger partial charge on any atom is 0.183 e. The van der Waals surface area contributed by atoms with Gasteiger partial charge in [0.1, 0.15) is 0 Å². The highest BCUT2D eigenvalue weighted by Gasteiger charge is 2.23. The van der Waals surface area contributed by atoms with Gasteiger partial charge in [-0.05, 0) is 37.0 Å². The van der Waals surface area contributed by atoms with E-state index in [2.05, 4.69) is 22.1 Å². The molecule has 1 aromatic carbocycles.